The quantitative estimate of drug-likeness (QED) is 0.473. The van der Waals surface area contributed by atoms with Crippen molar-refractivity contribution in [3.05, 3.63) is 82.0 Å². The largest absolute Gasteiger partial charge is 0.419 e. The summed E-state index contributed by atoms with van der Waals surface area (Å²) in [6, 6.07) is 4.39. The monoisotopic (exact) mass is 478 g/mol. The average molecular weight is 479 g/mol. The summed E-state index contributed by atoms with van der Waals surface area (Å²) in [7, 11) is 0. The summed E-state index contributed by atoms with van der Waals surface area (Å²) in [6.45, 7) is 0. The molecular formula is C20H14ClF7N4. The van der Waals surface area contributed by atoms with Gasteiger partial charge in [0.1, 0.15) is 12.1 Å². The van der Waals surface area contributed by atoms with Gasteiger partial charge in [-0.1, -0.05) is 23.7 Å². The zero-order valence-corrected chi connectivity index (χ0v) is 16.6. The molecule has 0 radical (unpaired) electrons. The van der Waals surface area contributed by atoms with E-state index in [1.54, 1.807) is 0 Å². The van der Waals surface area contributed by atoms with Crippen LogP contribution in [-0.4, -0.2) is 9.97 Å². The number of benzene rings is 2. The van der Waals surface area contributed by atoms with Gasteiger partial charge in [0.2, 0.25) is 0 Å². The number of nitrogens with zero attached hydrogens (tertiary/aromatic N) is 2. The number of nitrogens with two attached hydrogens (primary N) is 2. The Labute approximate surface area is 182 Å². The van der Waals surface area contributed by atoms with Gasteiger partial charge in [-0.05, 0) is 35.9 Å². The minimum Gasteiger partial charge on any atom is -0.322 e. The number of aromatic nitrogens is 2. The standard InChI is InChI=1S/C20H14ClF7N4/c21-13-5-9(1-3-11(13)19(23,24)25)15-7-16(32-8-31-15)18(30)17(29)10-2-4-12(14(22)6-10)20(26,27)28/h1-8,17-18H,29-30H2. The number of rotatable bonds is 4. The first-order valence-corrected chi connectivity index (χ1v) is 9.23. The van der Waals surface area contributed by atoms with Gasteiger partial charge in [-0.25, -0.2) is 14.4 Å². The molecule has 0 aliphatic carbocycles. The van der Waals surface area contributed by atoms with Gasteiger partial charge >= 0.3 is 12.4 Å². The molecule has 3 rings (SSSR count). The van der Waals surface area contributed by atoms with E-state index in [1.165, 1.54) is 6.07 Å². The number of hydrogen-bond acceptors (Lipinski definition) is 4. The van der Waals surface area contributed by atoms with Crippen molar-refractivity contribution in [1.82, 2.24) is 9.97 Å². The number of halogens is 8. The molecule has 1 aromatic heterocycles. The van der Waals surface area contributed by atoms with Crippen LogP contribution in [0.2, 0.25) is 5.02 Å². The summed E-state index contributed by atoms with van der Waals surface area (Å²) >= 11 is 5.73. The zero-order chi connectivity index (χ0) is 23.8. The minimum absolute atomic E-state index is 0.000682. The molecule has 3 aromatic rings. The molecule has 0 saturated heterocycles. The van der Waals surface area contributed by atoms with Crippen LogP contribution in [0, 0.1) is 5.82 Å². The van der Waals surface area contributed by atoms with Crippen molar-refractivity contribution in [3.8, 4) is 11.3 Å². The number of hydrogen-bond donors (Lipinski definition) is 2. The lowest BCUT2D eigenvalue weighted by Gasteiger charge is -2.21. The Morgan fingerprint density at radius 2 is 1.41 bits per heavy atom. The van der Waals surface area contributed by atoms with E-state index in [4.69, 9.17) is 23.1 Å². The van der Waals surface area contributed by atoms with E-state index in [2.05, 4.69) is 9.97 Å². The van der Waals surface area contributed by atoms with Crippen LogP contribution in [0.5, 0.6) is 0 Å². The van der Waals surface area contributed by atoms with Crippen LogP contribution in [0.1, 0.15) is 34.5 Å². The SMILES string of the molecule is NC(c1ccc(C(F)(F)F)c(F)c1)C(N)c1cc(-c2ccc(C(F)(F)F)c(Cl)c2)ncn1. The molecule has 1 heterocycles. The number of alkyl halides is 6. The van der Waals surface area contributed by atoms with Crippen molar-refractivity contribution in [1.29, 1.82) is 0 Å². The van der Waals surface area contributed by atoms with Crippen LogP contribution in [-0.2, 0) is 12.4 Å². The Balaban J connectivity index is 1.89. The van der Waals surface area contributed by atoms with E-state index in [9.17, 15) is 30.7 Å². The third-order valence-corrected chi connectivity index (χ3v) is 4.98. The minimum atomic E-state index is -4.86. The van der Waals surface area contributed by atoms with E-state index in [1.807, 2.05) is 0 Å². The summed E-state index contributed by atoms with van der Waals surface area (Å²) in [5.74, 6) is -1.50. The maximum absolute atomic E-state index is 13.9. The van der Waals surface area contributed by atoms with E-state index in [0.717, 1.165) is 30.6 Å². The molecule has 0 saturated carbocycles. The van der Waals surface area contributed by atoms with Crippen molar-refractivity contribution in [2.45, 2.75) is 24.4 Å². The van der Waals surface area contributed by atoms with Crippen molar-refractivity contribution in [2.24, 2.45) is 11.5 Å². The molecule has 0 spiro atoms. The van der Waals surface area contributed by atoms with Crippen LogP contribution in [0.15, 0.2) is 48.8 Å². The fourth-order valence-corrected chi connectivity index (χ4v) is 3.26. The lowest BCUT2D eigenvalue weighted by molar-refractivity contribution is -0.140. The summed E-state index contributed by atoms with van der Waals surface area (Å²) in [6.07, 6.45) is -8.39. The molecule has 0 aliphatic heterocycles. The van der Waals surface area contributed by atoms with Crippen molar-refractivity contribution < 1.29 is 30.7 Å². The van der Waals surface area contributed by atoms with Gasteiger partial charge in [-0.2, -0.15) is 26.3 Å². The highest BCUT2D eigenvalue weighted by molar-refractivity contribution is 6.31. The average Bonchev–Trinajstić information content (AvgIpc) is 2.70. The highest BCUT2D eigenvalue weighted by Crippen LogP contribution is 2.37. The van der Waals surface area contributed by atoms with Crippen LogP contribution >= 0.6 is 11.6 Å². The molecular weight excluding hydrogens is 465 g/mol. The van der Waals surface area contributed by atoms with Crippen molar-refractivity contribution >= 4 is 11.6 Å². The summed E-state index contributed by atoms with van der Waals surface area (Å²) in [5, 5.41) is -0.531. The van der Waals surface area contributed by atoms with Gasteiger partial charge in [0.25, 0.3) is 0 Å². The second-order valence-electron chi connectivity index (χ2n) is 6.81. The maximum Gasteiger partial charge on any atom is 0.419 e. The van der Waals surface area contributed by atoms with Gasteiger partial charge in [0.05, 0.1) is 39.6 Å². The Bertz CT molecular complexity index is 1130. The fourth-order valence-electron chi connectivity index (χ4n) is 2.98. The van der Waals surface area contributed by atoms with Gasteiger partial charge < -0.3 is 11.5 Å². The van der Waals surface area contributed by atoms with Gasteiger partial charge in [-0.3, -0.25) is 0 Å². The lowest BCUT2D eigenvalue weighted by Crippen LogP contribution is -2.27. The molecule has 12 heteroatoms. The van der Waals surface area contributed by atoms with E-state index in [0.29, 0.717) is 12.1 Å². The third-order valence-electron chi connectivity index (χ3n) is 4.67. The molecule has 2 unspecified atom stereocenters. The van der Waals surface area contributed by atoms with Gasteiger partial charge in [0, 0.05) is 5.56 Å². The first-order valence-electron chi connectivity index (χ1n) is 8.86. The van der Waals surface area contributed by atoms with Crippen LogP contribution in [0.4, 0.5) is 30.7 Å². The first kappa shape index (κ1) is 23.9. The molecule has 2 aromatic carbocycles. The molecule has 0 bridgehead atoms. The van der Waals surface area contributed by atoms with Crippen LogP contribution < -0.4 is 11.5 Å². The second kappa shape index (κ2) is 8.64. The summed E-state index contributed by atoms with van der Waals surface area (Å²) < 4.78 is 90.8. The molecule has 0 fully saturated rings. The Morgan fingerprint density at radius 1 is 0.781 bits per heavy atom. The lowest BCUT2D eigenvalue weighted by atomic mass is 9.96. The topological polar surface area (TPSA) is 77.8 Å². The second-order valence-corrected chi connectivity index (χ2v) is 7.22. The predicted molar refractivity (Wildman–Crippen MR) is 103 cm³/mol. The smallest absolute Gasteiger partial charge is 0.322 e. The molecule has 4 N–H and O–H groups in total. The summed E-state index contributed by atoms with van der Waals surface area (Å²) in [4.78, 5) is 7.94. The summed E-state index contributed by atoms with van der Waals surface area (Å²) in [5.41, 5.74) is 10.2. The molecule has 4 nitrogen and oxygen atoms in total. The third kappa shape index (κ3) is 5.00. The Morgan fingerprint density at radius 3 is 1.97 bits per heavy atom. The first-order chi connectivity index (χ1) is 14.8. The molecule has 0 aliphatic rings. The van der Waals surface area contributed by atoms with Crippen LogP contribution in [0.25, 0.3) is 11.3 Å². The van der Waals surface area contributed by atoms with E-state index < -0.39 is 46.4 Å². The molecule has 32 heavy (non-hydrogen) atoms. The molecule has 170 valence electrons. The van der Waals surface area contributed by atoms with Crippen molar-refractivity contribution in [3.63, 3.8) is 0 Å². The normalized spacial score (nSPS) is 14.3. The maximum atomic E-state index is 13.9. The molecule has 2 atom stereocenters. The van der Waals surface area contributed by atoms with E-state index in [-0.39, 0.29) is 22.5 Å². The fraction of sp³-hybridized carbons (Fsp3) is 0.200. The highest BCUT2D eigenvalue weighted by Gasteiger charge is 2.35. The Hall–Kier alpha value is -2.76. The van der Waals surface area contributed by atoms with Crippen LogP contribution in [0.3, 0.4) is 0 Å². The zero-order valence-electron chi connectivity index (χ0n) is 15.8. The van der Waals surface area contributed by atoms with E-state index >= 15 is 0 Å². The van der Waals surface area contributed by atoms with Crippen molar-refractivity contribution in [2.75, 3.05) is 0 Å². The molecule has 0 amide bonds. The Kier molecular flexibility index (Phi) is 6.45. The van der Waals surface area contributed by atoms with Gasteiger partial charge in [-0.15, -0.1) is 0 Å². The highest BCUT2D eigenvalue weighted by atomic mass is 35.5. The van der Waals surface area contributed by atoms with Gasteiger partial charge in [0.15, 0.2) is 0 Å². The predicted octanol–water partition coefficient (Wildman–Crippen LogP) is 5.67.